The molecule has 18 heavy (non-hydrogen) atoms. The van der Waals surface area contributed by atoms with Crippen LogP contribution in [0.15, 0.2) is 24.4 Å². The van der Waals surface area contributed by atoms with E-state index in [1.807, 2.05) is 6.92 Å². The van der Waals surface area contributed by atoms with Crippen molar-refractivity contribution in [2.75, 3.05) is 0 Å². The highest BCUT2D eigenvalue weighted by atomic mass is 35.5. The van der Waals surface area contributed by atoms with Crippen molar-refractivity contribution in [1.29, 1.82) is 0 Å². The molecule has 0 fully saturated rings. The number of pyridine rings is 1. The Labute approximate surface area is 109 Å². The molecule has 0 amide bonds. The third kappa shape index (κ3) is 2.51. The van der Waals surface area contributed by atoms with E-state index >= 15 is 0 Å². The van der Waals surface area contributed by atoms with Crippen molar-refractivity contribution in [1.82, 2.24) is 14.8 Å². The highest BCUT2D eigenvalue weighted by molar-refractivity contribution is 6.30. The van der Waals surface area contributed by atoms with E-state index in [1.165, 1.54) is 6.20 Å². The van der Waals surface area contributed by atoms with Crippen LogP contribution in [0.2, 0.25) is 5.02 Å². The molecule has 2 rings (SSSR count). The Balaban J connectivity index is 2.47. The number of halogens is 1. The van der Waals surface area contributed by atoms with E-state index in [0.717, 1.165) is 18.5 Å². The number of rotatable bonds is 4. The molecule has 0 atom stereocenters. The van der Waals surface area contributed by atoms with Crippen LogP contribution in [-0.4, -0.2) is 25.8 Å². The number of nitrogens with zero attached hydrogens (tertiary/aromatic N) is 3. The molecule has 0 saturated carbocycles. The normalized spacial score (nSPS) is 10.6. The Morgan fingerprint density at radius 3 is 2.83 bits per heavy atom. The van der Waals surface area contributed by atoms with Gasteiger partial charge in [0.25, 0.3) is 0 Å². The first-order valence-electron chi connectivity index (χ1n) is 5.56. The minimum absolute atomic E-state index is 0.0233. The number of hydrogen-bond acceptors (Lipinski definition) is 3. The molecule has 0 unspecified atom stereocenters. The molecule has 2 aromatic heterocycles. The molecule has 94 valence electrons. The fourth-order valence-corrected chi connectivity index (χ4v) is 1.76. The lowest BCUT2D eigenvalue weighted by molar-refractivity contribution is 0.0690. The zero-order chi connectivity index (χ0) is 13.1. The monoisotopic (exact) mass is 265 g/mol. The topological polar surface area (TPSA) is 68.0 Å². The van der Waals surface area contributed by atoms with Gasteiger partial charge in [-0.2, -0.15) is 5.10 Å². The molecule has 0 aromatic carbocycles. The van der Waals surface area contributed by atoms with E-state index in [1.54, 1.807) is 22.9 Å². The third-order valence-corrected chi connectivity index (χ3v) is 2.66. The van der Waals surface area contributed by atoms with Gasteiger partial charge in [-0.25, -0.2) is 14.5 Å². The summed E-state index contributed by atoms with van der Waals surface area (Å²) >= 11 is 5.77. The molecule has 2 heterocycles. The van der Waals surface area contributed by atoms with Crippen molar-refractivity contribution in [3.8, 4) is 5.82 Å². The van der Waals surface area contributed by atoms with Crippen LogP contribution in [-0.2, 0) is 6.42 Å². The Morgan fingerprint density at radius 2 is 2.28 bits per heavy atom. The predicted molar refractivity (Wildman–Crippen MR) is 67.3 cm³/mol. The van der Waals surface area contributed by atoms with Crippen LogP contribution in [0, 0.1) is 0 Å². The zero-order valence-corrected chi connectivity index (χ0v) is 10.6. The van der Waals surface area contributed by atoms with Crippen LogP contribution in [0.1, 0.15) is 29.5 Å². The molecule has 6 heteroatoms. The van der Waals surface area contributed by atoms with E-state index < -0.39 is 5.97 Å². The maximum Gasteiger partial charge on any atom is 0.356 e. The lowest BCUT2D eigenvalue weighted by Crippen LogP contribution is -2.05. The molecule has 0 aliphatic heterocycles. The van der Waals surface area contributed by atoms with Crippen molar-refractivity contribution < 1.29 is 9.90 Å². The van der Waals surface area contributed by atoms with Gasteiger partial charge in [0.1, 0.15) is 0 Å². The average Bonchev–Trinajstić information content (AvgIpc) is 2.75. The number of carboxylic acids is 1. The summed E-state index contributed by atoms with van der Waals surface area (Å²) in [7, 11) is 0. The molecule has 0 aliphatic carbocycles. The molecule has 0 radical (unpaired) electrons. The zero-order valence-electron chi connectivity index (χ0n) is 9.80. The van der Waals surface area contributed by atoms with Crippen LogP contribution in [0.3, 0.4) is 0 Å². The second-order valence-corrected chi connectivity index (χ2v) is 4.26. The highest BCUT2D eigenvalue weighted by Crippen LogP contribution is 2.15. The van der Waals surface area contributed by atoms with Gasteiger partial charge in [0, 0.05) is 11.9 Å². The number of carboxylic acid groups (broad SMARTS) is 1. The van der Waals surface area contributed by atoms with E-state index in [4.69, 9.17) is 16.7 Å². The largest absolute Gasteiger partial charge is 0.476 e. The molecule has 2 aromatic rings. The SMILES string of the molecule is CCCc1cc(C(=O)O)nn1-c1ccc(Cl)cn1. The summed E-state index contributed by atoms with van der Waals surface area (Å²) < 4.78 is 1.54. The number of hydrogen-bond donors (Lipinski definition) is 1. The van der Waals surface area contributed by atoms with Crippen molar-refractivity contribution in [3.63, 3.8) is 0 Å². The maximum atomic E-state index is 10.9. The van der Waals surface area contributed by atoms with Crippen molar-refractivity contribution in [2.24, 2.45) is 0 Å². The number of aromatic carboxylic acids is 1. The van der Waals surface area contributed by atoms with Crippen LogP contribution in [0.25, 0.3) is 5.82 Å². The number of carbonyl (C=O) groups is 1. The number of aromatic nitrogens is 3. The minimum Gasteiger partial charge on any atom is -0.476 e. The first kappa shape index (κ1) is 12.6. The van der Waals surface area contributed by atoms with E-state index in [-0.39, 0.29) is 5.69 Å². The average molecular weight is 266 g/mol. The van der Waals surface area contributed by atoms with Crippen LogP contribution < -0.4 is 0 Å². The quantitative estimate of drug-likeness (QED) is 0.922. The van der Waals surface area contributed by atoms with Crippen molar-refractivity contribution in [2.45, 2.75) is 19.8 Å². The van der Waals surface area contributed by atoms with Crippen LogP contribution >= 0.6 is 11.6 Å². The van der Waals surface area contributed by atoms with E-state index in [0.29, 0.717) is 10.8 Å². The van der Waals surface area contributed by atoms with E-state index in [2.05, 4.69) is 10.1 Å². The molecule has 1 N–H and O–H groups in total. The van der Waals surface area contributed by atoms with Crippen LogP contribution in [0.4, 0.5) is 0 Å². The fourth-order valence-electron chi connectivity index (χ4n) is 1.65. The van der Waals surface area contributed by atoms with Crippen molar-refractivity contribution in [3.05, 3.63) is 40.8 Å². The van der Waals surface area contributed by atoms with Gasteiger partial charge in [0.15, 0.2) is 11.5 Å². The third-order valence-electron chi connectivity index (χ3n) is 2.44. The van der Waals surface area contributed by atoms with Gasteiger partial charge in [0.05, 0.1) is 5.02 Å². The fraction of sp³-hybridized carbons (Fsp3) is 0.250. The summed E-state index contributed by atoms with van der Waals surface area (Å²) in [5.74, 6) is -0.476. The first-order chi connectivity index (χ1) is 8.61. The second-order valence-electron chi connectivity index (χ2n) is 3.82. The van der Waals surface area contributed by atoms with Gasteiger partial charge in [-0.3, -0.25) is 0 Å². The summed E-state index contributed by atoms with van der Waals surface area (Å²) in [5, 5.41) is 13.5. The maximum absolute atomic E-state index is 10.9. The first-order valence-corrected chi connectivity index (χ1v) is 5.93. The molecule has 0 aliphatic rings. The Kier molecular flexibility index (Phi) is 3.62. The summed E-state index contributed by atoms with van der Waals surface area (Å²) in [5.41, 5.74) is 0.847. The Hall–Kier alpha value is -1.88. The molecular formula is C12H12ClN3O2. The Morgan fingerprint density at radius 1 is 1.50 bits per heavy atom. The molecule has 0 saturated heterocycles. The standard InChI is InChI=1S/C12H12ClN3O2/c1-2-3-9-6-10(12(17)18)15-16(9)11-5-4-8(13)7-14-11/h4-7H,2-3H2,1H3,(H,17,18). The predicted octanol–water partition coefficient (Wildman–Crippen LogP) is 2.57. The van der Waals surface area contributed by atoms with E-state index in [9.17, 15) is 4.79 Å². The van der Waals surface area contributed by atoms with Gasteiger partial charge < -0.3 is 5.11 Å². The van der Waals surface area contributed by atoms with Gasteiger partial charge in [-0.1, -0.05) is 24.9 Å². The van der Waals surface area contributed by atoms with Gasteiger partial charge in [-0.05, 0) is 24.6 Å². The summed E-state index contributed by atoms with van der Waals surface area (Å²) in [6.07, 6.45) is 3.15. The number of aryl methyl sites for hydroxylation is 1. The van der Waals surface area contributed by atoms with Crippen molar-refractivity contribution >= 4 is 17.6 Å². The lowest BCUT2D eigenvalue weighted by atomic mass is 10.2. The molecule has 5 nitrogen and oxygen atoms in total. The summed E-state index contributed by atoms with van der Waals surface area (Å²) in [6, 6.07) is 4.98. The van der Waals surface area contributed by atoms with Gasteiger partial charge in [-0.15, -0.1) is 0 Å². The lowest BCUT2D eigenvalue weighted by Gasteiger charge is -2.04. The smallest absolute Gasteiger partial charge is 0.356 e. The summed E-state index contributed by atoms with van der Waals surface area (Å²) in [6.45, 7) is 2.02. The van der Waals surface area contributed by atoms with Gasteiger partial charge in [0.2, 0.25) is 0 Å². The molecular weight excluding hydrogens is 254 g/mol. The van der Waals surface area contributed by atoms with Gasteiger partial charge >= 0.3 is 5.97 Å². The van der Waals surface area contributed by atoms with Crippen LogP contribution in [0.5, 0.6) is 0 Å². The summed E-state index contributed by atoms with van der Waals surface area (Å²) in [4.78, 5) is 15.1. The second kappa shape index (κ2) is 5.18. The molecule has 0 bridgehead atoms. The Bertz CT molecular complexity index is 563. The minimum atomic E-state index is -1.04. The highest BCUT2D eigenvalue weighted by Gasteiger charge is 2.14. The molecule has 0 spiro atoms.